The number of ether oxygens (including phenoxy) is 1. The highest BCUT2D eigenvalue weighted by Crippen LogP contribution is 2.17. The lowest BCUT2D eigenvalue weighted by Crippen LogP contribution is -1.97. The SMILES string of the molecule is COc1ccc2cnc(Cc3cccc(C)c3)n2c1. The molecule has 3 nitrogen and oxygen atoms in total. The molecule has 2 heterocycles. The van der Waals surface area contributed by atoms with Crippen molar-refractivity contribution in [3.63, 3.8) is 0 Å². The third-order valence-electron chi connectivity index (χ3n) is 3.26. The van der Waals surface area contributed by atoms with E-state index in [1.807, 2.05) is 24.5 Å². The van der Waals surface area contributed by atoms with Crippen LogP contribution in [-0.4, -0.2) is 16.5 Å². The molecular formula is C16H16N2O. The lowest BCUT2D eigenvalue weighted by Gasteiger charge is -2.05. The first-order valence-corrected chi connectivity index (χ1v) is 6.32. The van der Waals surface area contributed by atoms with E-state index in [1.165, 1.54) is 11.1 Å². The van der Waals surface area contributed by atoms with E-state index >= 15 is 0 Å². The Kier molecular flexibility index (Phi) is 2.95. The molecule has 19 heavy (non-hydrogen) atoms. The van der Waals surface area contributed by atoms with Crippen LogP contribution in [0.1, 0.15) is 17.0 Å². The van der Waals surface area contributed by atoms with Gasteiger partial charge in [-0.05, 0) is 24.6 Å². The Morgan fingerprint density at radius 1 is 1.21 bits per heavy atom. The van der Waals surface area contributed by atoms with Crippen LogP contribution in [0.2, 0.25) is 0 Å². The van der Waals surface area contributed by atoms with Gasteiger partial charge in [0.1, 0.15) is 11.6 Å². The molecule has 0 N–H and O–H groups in total. The van der Waals surface area contributed by atoms with Crippen LogP contribution in [0.15, 0.2) is 48.8 Å². The third kappa shape index (κ3) is 2.32. The number of aromatic nitrogens is 2. The second-order valence-electron chi connectivity index (χ2n) is 4.70. The van der Waals surface area contributed by atoms with Crippen LogP contribution in [0.3, 0.4) is 0 Å². The number of methoxy groups -OCH3 is 1. The number of hydrogen-bond donors (Lipinski definition) is 0. The van der Waals surface area contributed by atoms with Crippen molar-refractivity contribution < 1.29 is 4.74 Å². The zero-order chi connectivity index (χ0) is 13.2. The molecule has 0 radical (unpaired) electrons. The first-order valence-electron chi connectivity index (χ1n) is 6.32. The number of hydrogen-bond acceptors (Lipinski definition) is 2. The second-order valence-corrected chi connectivity index (χ2v) is 4.70. The molecule has 0 bridgehead atoms. The van der Waals surface area contributed by atoms with Gasteiger partial charge < -0.3 is 4.74 Å². The van der Waals surface area contributed by atoms with E-state index in [-0.39, 0.29) is 0 Å². The zero-order valence-electron chi connectivity index (χ0n) is 11.1. The van der Waals surface area contributed by atoms with E-state index < -0.39 is 0 Å². The van der Waals surface area contributed by atoms with Gasteiger partial charge in [-0.3, -0.25) is 4.40 Å². The van der Waals surface area contributed by atoms with E-state index in [0.29, 0.717) is 0 Å². The van der Waals surface area contributed by atoms with Crippen molar-refractivity contribution in [3.05, 3.63) is 65.7 Å². The van der Waals surface area contributed by atoms with Gasteiger partial charge in [-0.15, -0.1) is 0 Å². The molecular weight excluding hydrogens is 236 g/mol. The van der Waals surface area contributed by atoms with Crippen LogP contribution in [0.25, 0.3) is 5.52 Å². The molecule has 0 saturated heterocycles. The molecule has 3 heteroatoms. The topological polar surface area (TPSA) is 26.5 Å². The maximum atomic E-state index is 5.27. The summed E-state index contributed by atoms with van der Waals surface area (Å²) in [5.74, 6) is 1.87. The van der Waals surface area contributed by atoms with Crippen molar-refractivity contribution in [1.29, 1.82) is 0 Å². The van der Waals surface area contributed by atoms with Crippen molar-refractivity contribution in [1.82, 2.24) is 9.38 Å². The highest BCUT2D eigenvalue weighted by molar-refractivity contribution is 5.48. The molecule has 0 spiro atoms. The van der Waals surface area contributed by atoms with Crippen molar-refractivity contribution >= 4 is 5.52 Å². The minimum Gasteiger partial charge on any atom is -0.495 e. The van der Waals surface area contributed by atoms with Crippen LogP contribution in [0, 0.1) is 6.92 Å². The van der Waals surface area contributed by atoms with Gasteiger partial charge in [-0.1, -0.05) is 29.8 Å². The van der Waals surface area contributed by atoms with Crippen LogP contribution < -0.4 is 4.74 Å². The summed E-state index contributed by atoms with van der Waals surface area (Å²) in [6.45, 7) is 2.11. The third-order valence-corrected chi connectivity index (χ3v) is 3.26. The smallest absolute Gasteiger partial charge is 0.135 e. The lowest BCUT2D eigenvalue weighted by molar-refractivity contribution is 0.412. The number of nitrogens with zero attached hydrogens (tertiary/aromatic N) is 2. The summed E-state index contributed by atoms with van der Waals surface area (Å²) in [4.78, 5) is 4.50. The summed E-state index contributed by atoms with van der Waals surface area (Å²) in [6.07, 6.45) is 4.70. The molecule has 0 saturated carbocycles. The van der Waals surface area contributed by atoms with Gasteiger partial charge in [0.2, 0.25) is 0 Å². The van der Waals surface area contributed by atoms with Gasteiger partial charge in [-0.25, -0.2) is 4.98 Å². The predicted octanol–water partition coefficient (Wildman–Crippen LogP) is 3.24. The molecule has 0 aliphatic rings. The number of imidazole rings is 1. The summed E-state index contributed by atoms with van der Waals surface area (Å²) in [6, 6.07) is 12.5. The number of rotatable bonds is 3. The van der Waals surface area contributed by atoms with Crippen molar-refractivity contribution in [2.24, 2.45) is 0 Å². The summed E-state index contributed by atoms with van der Waals surface area (Å²) >= 11 is 0. The quantitative estimate of drug-likeness (QED) is 0.715. The maximum absolute atomic E-state index is 5.27. The standard InChI is InChI=1S/C16H16N2O/c1-12-4-3-5-13(8-12)9-16-17-10-14-6-7-15(19-2)11-18(14)16/h3-8,10-11H,9H2,1-2H3. The average molecular weight is 252 g/mol. The fourth-order valence-electron chi connectivity index (χ4n) is 2.28. The minimum absolute atomic E-state index is 0.822. The lowest BCUT2D eigenvalue weighted by atomic mass is 10.1. The van der Waals surface area contributed by atoms with E-state index in [1.54, 1.807) is 7.11 Å². The Morgan fingerprint density at radius 2 is 2.11 bits per heavy atom. The second kappa shape index (κ2) is 4.76. The van der Waals surface area contributed by atoms with Crippen molar-refractivity contribution in [2.75, 3.05) is 7.11 Å². The van der Waals surface area contributed by atoms with Gasteiger partial charge in [0.15, 0.2) is 0 Å². The highest BCUT2D eigenvalue weighted by Gasteiger charge is 2.05. The Balaban J connectivity index is 2.00. The van der Waals surface area contributed by atoms with Crippen LogP contribution >= 0.6 is 0 Å². The Hall–Kier alpha value is -2.29. The van der Waals surface area contributed by atoms with Gasteiger partial charge in [0.25, 0.3) is 0 Å². The summed E-state index contributed by atoms with van der Waals surface area (Å²) < 4.78 is 7.35. The number of pyridine rings is 1. The highest BCUT2D eigenvalue weighted by atomic mass is 16.5. The van der Waals surface area contributed by atoms with Crippen LogP contribution in [-0.2, 0) is 6.42 Å². The van der Waals surface area contributed by atoms with Crippen LogP contribution in [0.5, 0.6) is 5.75 Å². The molecule has 2 aromatic heterocycles. The molecule has 1 aromatic carbocycles. The normalized spacial score (nSPS) is 10.8. The molecule has 3 rings (SSSR count). The first-order chi connectivity index (χ1) is 9.26. The van der Waals surface area contributed by atoms with E-state index in [9.17, 15) is 0 Å². The number of aryl methyl sites for hydroxylation is 1. The summed E-state index contributed by atoms with van der Waals surface area (Å²) in [7, 11) is 1.68. The molecule has 0 amide bonds. The van der Waals surface area contributed by atoms with E-state index in [4.69, 9.17) is 4.74 Å². The van der Waals surface area contributed by atoms with Gasteiger partial charge in [0, 0.05) is 6.42 Å². The molecule has 0 aliphatic carbocycles. The maximum Gasteiger partial charge on any atom is 0.135 e. The predicted molar refractivity (Wildman–Crippen MR) is 75.7 cm³/mol. The summed E-state index contributed by atoms with van der Waals surface area (Å²) in [5.41, 5.74) is 3.63. The van der Waals surface area contributed by atoms with E-state index in [0.717, 1.165) is 23.5 Å². The van der Waals surface area contributed by atoms with Crippen LogP contribution in [0.4, 0.5) is 0 Å². The van der Waals surface area contributed by atoms with Crippen molar-refractivity contribution in [2.45, 2.75) is 13.3 Å². The van der Waals surface area contributed by atoms with Gasteiger partial charge >= 0.3 is 0 Å². The fraction of sp³-hybridized carbons (Fsp3) is 0.188. The molecule has 0 unspecified atom stereocenters. The molecule has 3 aromatic rings. The molecule has 96 valence electrons. The molecule has 0 fully saturated rings. The minimum atomic E-state index is 0.822. The molecule has 0 aliphatic heterocycles. The zero-order valence-corrected chi connectivity index (χ0v) is 11.1. The van der Waals surface area contributed by atoms with Gasteiger partial charge in [-0.2, -0.15) is 0 Å². The fourth-order valence-corrected chi connectivity index (χ4v) is 2.28. The Morgan fingerprint density at radius 3 is 2.89 bits per heavy atom. The Labute approximate surface area is 112 Å². The number of benzene rings is 1. The average Bonchev–Trinajstić information content (AvgIpc) is 2.81. The monoisotopic (exact) mass is 252 g/mol. The summed E-state index contributed by atoms with van der Waals surface area (Å²) in [5, 5.41) is 0. The number of fused-ring (bicyclic) bond motifs is 1. The Bertz CT molecular complexity index is 716. The first kappa shape index (κ1) is 11.8. The molecule has 0 atom stereocenters. The van der Waals surface area contributed by atoms with Gasteiger partial charge in [0.05, 0.1) is 25.0 Å². The van der Waals surface area contributed by atoms with E-state index in [2.05, 4.69) is 40.6 Å². The van der Waals surface area contributed by atoms with Crippen molar-refractivity contribution in [3.8, 4) is 5.75 Å². The largest absolute Gasteiger partial charge is 0.495 e.